The molecule has 8 heteroatoms. The highest BCUT2D eigenvalue weighted by molar-refractivity contribution is 6.30. The molecule has 2 aromatic rings. The van der Waals surface area contributed by atoms with Crippen LogP contribution in [0.2, 0.25) is 5.02 Å². The van der Waals surface area contributed by atoms with Crippen molar-refractivity contribution in [1.82, 2.24) is 0 Å². The fourth-order valence-corrected chi connectivity index (χ4v) is 3.10. The van der Waals surface area contributed by atoms with Crippen LogP contribution in [0.3, 0.4) is 0 Å². The molecule has 0 N–H and O–H groups in total. The van der Waals surface area contributed by atoms with Crippen LogP contribution in [0.4, 0.5) is 11.4 Å². The first kappa shape index (κ1) is 15.6. The van der Waals surface area contributed by atoms with Crippen LogP contribution in [0.15, 0.2) is 58.9 Å². The van der Waals surface area contributed by atoms with Gasteiger partial charge in [-0.2, -0.15) is 5.11 Å². The van der Waals surface area contributed by atoms with Crippen LogP contribution >= 0.6 is 11.6 Å². The minimum Gasteiger partial charge on any atom is -0.497 e. The lowest BCUT2D eigenvalue weighted by molar-refractivity contribution is -0.121. The Hall–Kier alpha value is -2.93. The Bertz CT molecular complexity index is 884. The number of benzene rings is 2. The molecule has 2 aromatic carbocycles. The molecule has 0 bridgehead atoms. The van der Waals surface area contributed by atoms with E-state index in [0.717, 1.165) is 4.90 Å². The summed E-state index contributed by atoms with van der Waals surface area (Å²) in [6, 6.07) is 12.0. The van der Waals surface area contributed by atoms with E-state index in [0.29, 0.717) is 22.1 Å². The maximum absolute atomic E-state index is 12.9. The third-order valence-electron chi connectivity index (χ3n) is 4.18. The highest BCUT2D eigenvalue weighted by Crippen LogP contribution is 2.35. The van der Waals surface area contributed by atoms with Crippen LogP contribution in [-0.2, 0) is 9.59 Å². The summed E-state index contributed by atoms with van der Waals surface area (Å²) in [4.78, 5) is 26.8. The lowest BCUT2D eigenvalue weighted by atomic mass is 10.1. The SMILES string of the molecule is COc1cccc(N2C(=O)[C@H]3N=NN(c4ccc(Cl)cc4)[C@H]3C2=O)c1. The maximum atomic E-state index is 12.9. The van der Waals surface area contributed by atoms with Crippen molar-refractivity contribution < 1.29 is 14.3 Å². The zero-order chi connectivity index (χ0) is 17.6. The number of imide groups is 1. The molecule has 2 aliphatic rings. The summed E-state index contributed by atoms with van der Waals surface area (Å²) in [5.41, 5.74) is 1.10. The molecule has 0 spiro atoms. The Balaban J connectivity index is 1.69. The van der Waals surface area contributed by atoms with Crippen LogP contribution in [-0.4, -0.2) is 31.0 Å². The van der Waals surface area contributed by atoms with E-state index in [1.54, 1.807) is 48.5 Å². The molecule has 2 amide bonds. The van der Waals surface area contributed by atoms with Gasteiger partial charge in [0.1, 0.15) is 5.75 Å². The van der Waals surface area contributed by atoms with E-state index in [1.807, 2.05) is 0 Å². The number of hydrogen-bond acceptors (Lipinski definition) is 6. The number of carbonyl (C=O) groups excluding carboxylic acids is 2. The number of rotatable bonds is 3. The molecule has 0 aliphatic carbocycles. The van der Waals surface area contributed by atoms with Crippen molar-refractivity contribution in [1.29, 1.82) is 0 Å². The predicted molar refractivity (Wildman–Crippen MR) is 91.9 cm³/mol. The highest BCUT2D eigenvalue weighted by atomic mass is 35.5. The van der Waals surface area contributed by atoms with Crippen LogP contribution in [0, 0.1) is 0 Å². The molecule has 1 saturated heterocycles. The van der Waals surface area contributed by atoms with Gasteiger partial charge in [0.05, 0.1) is 18.5 Å². The Morgan fingerprint density at radius 3 is 2.52 bits per heavy atom. The van der Waals surface area contributed by atoms with Crippen molar-refractivity contribution in [2.24, 2.45) is 10.3 Å². The Kier molecular flexibility index (Phi) is 3.65. The summed E-state index contributed by atoms with van der Waals surface area (Å²) in [6.45, 7) is 0. The summed E-state index contributed by atoms with van der Waals surface area (Å²) in [5.74, 6) is -0.210. The summed E-state index contributed by atoms with van der Waals surface area (Å²) < 4.78 is 5.17. The second-order valence-corrected chi connectivity index (χ2v) is 6.07. The number of anilines is 2. The quantitative estimate of drug-likeness (QED) is 0.792. The standard InChI is InChI=1S/C17H13ClN4O3/c1-25-13-4-2-3-12(9-13)21-16(23)14-15(17(21)24)22(20-19-14)11-7-5-10(18)6-8-11/h2-9,14-15H,1H3/t14-,15+/m0/s1. The van der Waals surface area contributed by atoms with E-state index >= 15 is 0 Å². The van der Waals surface area contributed by atoms with Crippen LogP contribution in [0.1, 0.15) is 0 Å². The van der Waals surface area contributed by atoms with Gasteiger partial charge in [0.25, 0.3) is 11.8 Å². The molecule has 7 nitrogen and oxygen atoms in total. The molecule has 2 aliphatic heterocycles. The van der Waals surface area contributed by atoms with E-state index in [4.69, 9.17) is 16.3 Å². The van der Waals surface area contributed by atoms with Crippen molar-refractivity contribution in [2.45, 2.75) is 12.1 Å². The lowest BCUT2D eigenvalue weighted by Crippen LogP contribution is -2.39. The summed E-state index contributed by atoms with van der Waals surface area (Å²) in [6.07, 6.45) is 0. The number of methoxy groups -OCH3 is 1. The molecule has 1 fully saturated rings. The Morgan fingerprint density at radius 1 is 1.04 bits per heavy atom. The van der Waals surface area contributed by atoms with E-state index in [2.05, 4.69) is 10.3 Å². The Labute approximate surface area is 148 Å². The first-order valence-electron chi connectivity index (χ1n) is 7.57. The number of halogens is 1. The molecule has 4 rings (SSSR count). The molecule has 0 radical (unpaired) electrons. The normalized spacial score (nSPS) is 21.8. The summed E-state index contributed by atoms with van der Waals surface area (Å²) in [7, 11) is 1.53. The van der Waals surface area contributed by atoms with Crippen LogP contribution < -0.4 is 14.6 Å². The average molecular weight is 357 g/mol. The van der Waals surface area contributed by atoms with Gasteiger partial charge < -0.3 is 4.74 Å². The van der Waals surface area contributed by atoms with Gasteiger partial charge in [0, 0.05) is 11.1 Å². The van der Waals surface area contributed by atoms with E-state index < -0.39 is 18.0 Å². The minimum atomic E-state index is -0.852. The molecule has 126 valence electrons. The summed E-state index contributed by atoms with van der Waals surface area (Å²) in [5, 5.41) is 10.0. The van der Waals surface area contributed by atoms with Gasteiger partial charge in [-0.25, -0.2) is 9.91 Å². The zero-order valence-electron chi connectivity index (χ0n) is 13.2. The third kappa shape index (κ3) is 2.44. The molecule has 0 saturated carbocycles. The number of hydrogen-bond donors (Lipinski definition) is 0. The number of ether oxygens (including phenoxy) is 1. The van der Waals surface area contributed by atoms with Gasteiger partial charge in [-0.05, 0) is 36.4 Å². The largest absolute Gasteiger partial charge is 0.497 e. The van der Waals surface area contributed by atoms with E-state index in [-0.39, 0.29) is 5.91 Å². The van der Waals surface area contributed by atoms with Crippen molar-refractivity contribution in [3.05, 3.63) is 53.6 Å². The van der Waals surface area contributed by atoms with Crippen LogP contribution in [0.5, 0.6) is 5.75 Å². The van der Waals surface area contributed by atoms with Gasteiger partial charge in [-0.1, -0.05) is 22.9 Å². The van der Waals surface area contributed by atoms with Gasteiger partial charge >= 0.3 is 0 Å². The fourth-order valence-electron chi connectivity index (χ4n) is 2.97. The lowest BCUT2D eigenvalue weighted by Gasteiger charge is -2.20. The fraction of sp³-hybridized carbons (Fsp3) is 0.176. The summed E-state index contributed by atoms with van der Waals surface area (Å²) >= 11 is 5.90. The number of carbonyl (C=O) groups is 2. The van der Waals surface area contributed by atoms with Crippen molar-refractivity contribution in [3.8, 4) is 5.75 Å². The molecule has 0 unspecified atom stereocenters. The topological polar surface area (TPSA) is 74.6 Å². The first-order valence-corrected chi connectivity index (χ1v) is 7.95. The smallest absolute Gasteiger partial charge is 0.263 e. The second-order valence-electron chi connectivity index (χ2n) is 5.63. The monoisotopic (exact) mass is 356 g/mol. The minimum absolute atomic E-state index is 0.372. The van der Waals surface area contributed by atoms with Crippen LogP contribution in [0.25, 0.3) is 0 Å². The van der Waals surface area contributed by atoms with Crippen molar-refractivity contribution in [2.75, 3.05) is 17.0 Å². The van der Waals surface area contributed by atoms with E-state index in [1.165, 1.54) is 12.1 Å². The van der Waals surface area contributed by atoms with Gasteiger partial charge in [-0.15, -0.1) is 0 Å². The highest BCUT2D eigenvalue weighted by Gasteiger charge is 2.55. The van der Waals surface area contributed by atoms with Gasteiger partial charge in [-0.3, -0.25) is 9.59 Å². The molecular weight excluding hydrogens is 344 g/mol. The molecule has 25 heavy (non-hydrogen) atoms. The third-order valence-corrected chi connectivity index (χ3v) is 4.44. The number of amides is 2. The van der Waals surface area contributed by atoms with Crippen molar-refractivity contribution >= 4 is 34.8 Å². The Morgan fingerprint density at radius 2 is 1.80 bits per heavy atom. The van der Waals surface area contributed by atoms with Gasteiger partial charge in [0.15, 0.2) is 12.1 Å². The predicted octanol–water partition coefficient (Wildman–Crippen LogP) is 2.85. The molecule has 2 heterocycles. The molecule has 2 atom stereocenters. The number of fused-ring (bicyclic) bond motifs is 1. The first-order chi connectivity index (χ1) is 12.1. The zero-order valence-corrected chi connectivity index (χ0v) is 13.9. The number of nitrogens with zero attached hydrogens (tertiary/aromatic N) is 4. The molecular formula is C17H13ClN4O3. The van der Waals surface area contributed by atoms with E-state index in [9.17, 15) is 9.59 Å². The maximum Gasteiger partial charge on any atom is 0.263 e. The average Bonchev–Trinajstić information content (AvgIpc) is 3.16. The second kappa shape index (κ2) is 5.86. The molecule has 0 aromatic heterocycles. The van der Waals surface area contributed by atoms with Gasteiger partial charge in [0.2, 0.25) is 0 Å². The van der Waals surface area contributed by atoms with Crippen molar-refractivity contribution in [3.63, 3.8) is 0 Å².